The van der Waals surface area contributed by atoms with Crippen molar-refractivity contribution < 1.29 is 23.8 Å². The lowest BCUT2D eigenvalue weighted by molar-refractivity contribution is -0.142. The Bertz CT molecular complexity index is 868. The summed E-state index contributed by atoms with van der Waals surface area (Å²) in [5, 5.41) is 2.72. The normalized spacial score (nSPS) is 12.7. The van der Waals surface area contributed by atoms with Gasteiger partial charge < -0.3 is 19.5 Å². The van der Waals surface area contributed by atoms with E-state index in [0.717, 1.165) is 16.7 Å². The van der Waals surface area contributed by atoms with Crippen LogP contribution in [0.4, 0.5) is 5.69 Å². The predicted molar refractivity (Wildman–Crippen MR) is 102 cm³/mol. The fourth-order valence-corrected chi connectivity index (χ4v) is 2.76. The Morgan fingerprint density at radius 1 is 1.04 bits per heavy atom. The van der Waals surface area contributed by atoms with Crippen LogP contribution in [0.25, 0.3) is 6.08 Å². The molecule has 1 amide bonds. The summed E-state index contributed by atoms with van der Waals surface area (Å²) in [5.41, 5.74) is 3.55. The molecular formula is C21H21NO5. The number of amides is 1. The molecule has 6 nitrogen and oxygen atoms in total. The maximum Gasteiger partial charge on any atom is 0.331 e. The molecule has 2 aromatic carbocycles. The molecule has 0 radical (unpaired) electrons. The third-order valence-corrected chi connectivity index (χ3v) is 3.83. The smallest absolute Gasteiger partial charge is 0.331 e. The van der Waals surface area contributed by atoms with Crippen LogP contribution in [0, 0.1) is 13.8 Å². The van der Waals surface area contributed by atoms with Crippen molar-refractivity contribution in [1.82, 2.24) is 0 Å². The van der Waals surface area contributed by atoms with Gasteiger partial charge in [-0.25, -0.2) is 4.79 Å². The summed E-state index contributed by atoms with van der Waals surface area (Å²) < 4.78 is 15.9. The Hall–Kier alpha value is -3.28. The molecule has 0 fully saturated rings. The van der Waals surface area contributed by atoms with E-state index in [1.54, 1.807) is 18.2 Å². The molecular weight excluding hydrogens is 346 g/mol. The van der Waals surface area contributed by atoms with E-state index in [1.807, 2.05) is 38.1 Å². The van der Waals surface area contributed by atoms with Gasteiger partial charge in [-0.2, -0.15) is 0 Å². The van der Waals surface area contributed by atoms with Gasteiger partial charge in [0.05, 0.1) is 0 Å². The van der Waals surface area contributed by atoms with E-state index in [4.69, 9.17) is 14.2 Å². The minimum atomic E-state index is -0.597. The fourth-order valence-electron chi connectivity index (χ4n) is 2.76. The number of carbonyl (C=O) groups is 2. The maximum atomic E-state index is 11.9. The molecule has 6 heteroatoms. The SMILES string of the molecule is Cc1cc(C)cc(NC(=O)COC(=O)/C=C/c2ccc3c(c2)OCCO3)c1. The first kappa shape index (κ1) is 18.5. The van der Waals surface area contributed by atoms with Gasteiger partial charge >= 0.3 is 5.97 Å². The summed E-state index contributed by atoms with van der Waals surface area (Å²) in [5.74, 6) is 0.343. The second-order valence-electron chi connectivity index (χ2n) is 6.27. The molecule has 1 N–H and O–H groups in total. The topological polar surface area (TPSA) is 73.9 Å². The average Bonchev–Trinajstić information content (AvgIpc) is 2.63. The van der Waals surface area contributed by atoms with Crippen LogP contribution in [0.1, 0.15) is 16.7 Å². The van der Waals surface area contributed by atoms with Gasteiger partial charge in [-0.15, -0.1) is 0 Å². The first-order valence-corrected chi connectivity index (χ1v) is 8.62. The molecule has 3 rings (SSSR count). The van der Waals surface area contributed by atoms with Gasteiger partial charge in [-0.1, -0.05) is 12.1 Å². The van der Waals surface area contributed by atoms with Crippen molar-refractivity contribution in [3.05, 3.63) is 59.2 Å². The Morgan fingerprint density at radius 3 is 2.48 bits per heavy atom. The second-order valence-corrected chi connectivity index (χ2v) is 6.27. The molecule has 27 heavy (non-hydrogen) atoms. The molecule has 0 saturated heterocycles. The zero-order chi connectivity index (χ0) is 19.2. The number of hydrogen-bond donors (Lipinski definition) is 1. The van der Waals surface area contributed by atoms with Gasteiger partial charge in [-0.05, 0) is 60.9 Å². The van der Waals surface area contributed by atoms with E-state index in [0.29, 0.717) is 30.4 Å². The zero-order valence-corrected chi connectivity index (χ0v) is 15.3. The Kier molecular flexibility index (Phi) is 5.76. The number of benzene rings is 2. The largest absolute Gasteiger partial charge is 0.486 e. The number of hydrogen-bond acceptors (Lipinski definition) is 5. The highest BCUT2D eigenvalue weighted by atomic mass is 16.6. The molecule has 0 atom stereocenters. The fraction of sp³-hybridized carbons (Fsp3) is 0.238. The molecule has 140 valence electrons. The number of anilines is 1. The van der Waals surface area contributed by atoms with Crippen LogP contribution < -0.4 is 14.8 Å². The van der Waals surface area contributed by atoms with Crippen molar-refractivity contribution >= 4 is 23.6 Å². The zero-order valence-electron chi connectivity index (χ0n) is 15.3. The number of carbonyl (C=O) groups excluding carboxylic acids is 2. The van der Waals surface area contributed by atoms with Crippen LogP contribution in [-0.4, -0.2) is 31.7 Å². The number of esters is 1. The van der Waals surface area contributed by atoms with Gasteiger partial charge in [0, 0.05) is 11.8 Å². The minimum Gasteiger partial charge on any atom is -0.486 e. The summed E-state index contributed by atoms with van der Waals surface area (Å²) >= 11 is 0. The number of rotatable bonds is 5. The van der Waals surface area contributed by atoms with Crippen LogP contribution in [0.2, 0.25) is 0 Å². The van der Waals surface area contributed by atoms with E-state index in [-0.39, 0.29) is 12.5 Å². The lowest BCUT2D eigenvalue weighted by atomic mass is 10.1. The van der Waals surface area contributed by atoms with Crippen LogP contribution >= 0.6 is 0 Å². The molecule has 1 aliphatic rings. The summed E-state index contributed by atoms with van der Waals surface area (Å²) in [6.45, 7) is 4.57. The first-order valence-electron chi connectivity index (χ1n) is 8.62. The molecule has 0 aliphatic carbocycles. The van der Waals surface area contributed by atoms with E-state index in [9.17, 15) is 9.59 Å². The molecule has 0 bridgehead atoms. The van der Waals surface area contributed by atoms with Crippen LogP contribution in [0.3, 0.4) is 0 Å². The van der Waals surface area contributed by atoms with Crippen LogP contribution in [0.15, 0.2) is 42.5 Å². The molecule has 1 aliphatic heterocycles. The quantitative estimate of drug-likeness (QED) is 0.649. The number of ether oxygens (including phenoxy) is 3. The number of aryl methyl sites for hydroxylation is 2. The molecule has 1 heterocycles. The van der Waals surface area contributed by atoms with E-state index in [1.165, 1.54) is 6.08 Å². The highest BCUT2D eigenvalue weighted by molar-refractivity contribution is 5.94. The third-order valence-electron chi connectivity index (χ3n) is 3.83. The number of nitrogens with one attached hydrogen (secondary N) is 1. The van der Waals surface area contributed by atoms with E-state index < -0.39 is 5.97 Å². The summed E-state index contributed by atoms with van der Waals surface area (Å²) in [6.07, 6.45) is 2.87. The minimum absolute atomic E-state index is 0.350. The van der Waals surface area contributed by atoms with Crippen molar-refractivity contribution in [3.63, 3.8) is 0 Å². The van der Waals surface area contributed by atoms with Gasteiger partial charge in [0.15, 0.2) is 18.1 Å². The molecule has 0 aromatic heterocycles. The third kappa shape index (κ3) is 5.34. The molecule has 0 unspecified atom stereocenters. The standard InChI is InChI=1S/C21H21NO5/c1-14-9-15(2)11-17(10-14)22-20(23)13-27-21(24)6-4-16-3-5-18-19(12-16)26-8-7-25-18/h3-6,9-12H,7-8,13H2,1-2H3,(H,22,23)/b6-4+. The van der Waals surface area contributed by atoms with Crippen LogP contribution in [-0.2, 0) is 14.3 Å². The second kappa shape index (κ2) is 8.40. The summed E-state index contributed by atoms with van der Waals surface area (Å²) in [7, 11) is 0. The first-order chi connectivity index (χ1) is 13.0. The van der Waals surface area contributed by atoms with Gasteiger partial charge in [0.25, 0.3) is 5.91 Å². The van der Waals surface area contributed by atoms with Crippen molar-refractivity contribution in [2.24, 2.45) is 0 Å². The predicted octanol–water partition coefficient (Wildman–Crippen LogP) is 3.27. The highest BCUT2D eigenvalue weighted by Crippen LogP contribution is 2.31. The van der Waals surface area contributed by atoms with Gasteiger partial charge in [-0.3, -0.25) is 4.79 Å². The monoisotopic (exact) mass is 367 g/mol. The Labute approximate surface area is 157 Å². The lowest BCUT2D eigenvalue weighted by Gasteiger charge is -2.18. The van der Waals surface area contributed by atoms with Crippen molar-refractivity contribution in [3.8, 4) is 11.5 Å². The summed E-state index contributed by atoms with van der Waals surface area (Å²) in [6, 6.07) is 11.1. The van der Waals surface area contributed by atoms with E-state index >= 15 is 0 Å². The Morgan fingerprint density at radius 2 is 1.74 bits per heavy atom. The average molecular weight is 367 g/mol. The Balaban J connectivity index is 1.50. The lowest BCUT2D eigenvalue weighted by Crippen LogP contribution is -2.20. The maximum absolute atomic E-state index is 11.9. The van der Waals surface area contributed by atoms with Crippen molar-refractivity contribution in [1.29, 1.82) is 0 Å². The van der Waals surface area contributed by atoms with Gasteiger partial charge in [0.1, 0.15) is 13.2 Å². The van der Waals surface area contributed by atoms with Gasteiger partial charge in [0.2, 0.25) is 0 Å². The van der Waals surface area contributed by atoms with Crippen LogP contribution in [0.5, 0.6) is 11.5 Å². The molecule has 2 aromatic rings. The molecule has 0 saturated carbocycles. The molecule has 0 spiro atoms. The van der Waals surface area contributed by atoms with E-state index in [2.05, 4.69) is 5.32 Å². The van der Waals surface area contributed by atoms with Crippen molar-refractivity contribution in [2.75, 3.05) is 25.1 Å². The number of fused-ring (bicyclic) bond motifs is 1. The highest BCUT2D eigenvalue weighted by Gasteiger charge is 2.11. The van der Waals surface area contributed by atoms with Crippen molar-refractivity contribution in [2.45, 2.75) is 13.8 Å². The summed E-state index contributed by atoms with van der Waals surface area (Å²) in [4.78, 5) is 23.8.